The van der Waals surface area contributed by atoms with Crippen LogP contribution < -0.4 is 5.32 Å². The molecule has 1 N–H and O–H groups in total. The topological polar surface area (TPSA) is 42.0 Å². The molecular weight excluding hydrogens is 305 g/mol. The molecule has 2 aromatic rings. The van der Waals surface area contributed by atoms with Crippen molar-refractivity contribution in [1.82, 2.24) is 4.98 Å². The highest BCUT2D eigenvalue weighted by molar-refractivity contribution is 6.31. The number of halogens is 4. The number of carbonyl (C=O) groups is 1. The van der Waals surface area contributed by atoms with Crippen LogP contribution in [0.25, 0.3) is 0 Å². The van der Waals surface area contributed by atoms with E-state index in [2.05, 4.69) is 10.3 Å². The number of carbonyl (C=O) groups excluding carboxylic acids is 1. The molecule has 110 valence electrons. The predicted molar refractivity (Wildman–Crippen MR) is 73.4 cm³/mol. The molecule has 21 heavy (non-hydrogen) atoms. The van der Waals surface area contributed by atoms with Gasteiger partial charge < -0.3 is 5.32 Å². The summed E-state index contributed by atoms with van der Waals surface area (Å²) < 4.78 is 37.2. The SMILES string of the molecule is Cc1ccc(Cl)cc1NC(=O)c1ccc(C(F)(F)F)nc1. The smallest absolute Gasteiger partial charge is 0.322 e. The van der Waals surface area contributed by atoms with Crippen LogP contribution in [-0.4, -0.2) is 10.9 Å². The van der Waals surface area contributed by atoms with E-state index in [1.165, 1.54) is 0 Å². The second-order valence-corrected chi connectivity index (χ2v) is 4.78. The molecule has 0 aliphatic rings. The number of aromatic nitrogens is 1. The van der Waals surface area contributed by atoms with Crippen molar-refractivity contribution < 1.29 is 18.0 Å². The molecule has 1 amide bonds. The van der Waals surface area contributed by atoms with E-state index >= 15 is 0 Å². The van der Waals surface area contributed by atoms with Crippen molar-refractivity contribution in [2.24, 2.45) is 0 Å². The first-order chi connectivity index (χ1) is 9.77. The van der Waals surface area contributed by atoms with Crippen LogP contribution in [0.15, 0.2) is 36.5 Å². The summed E-state index contributed by atoms with van der Waals surface area (Å²) in [5, 5.41) is 3.03. The van der Waals surface area contributed by atoms with Crippen LogP contribution in [0.1, 0.15) is 21.6 Å². The van der Waals surface area contributed by atoms with Gasteiger partial charge in [0.1, 0.15) is 5.69 Å². The van der Waals surface area contributed by atoms with E-state index in [0.29, 0.717) is 10.7 Å². The maximum atomic E-state index is 12.4. The summed E-state index contributed by atoms with van der Waals surface area (Å²) >= 11 is 5.83. The Morgan fingerprint density at radius 2 is 1.95 bits per heavy atom. The van der Waals surface area contributed by atoms with E-state index < -0.39 is 17.8 Å². The molecule has 1 aromatic heterocycles. The predicted octanol–water partition coefficient (Wildman–Crippen LogP) is 4.31. The Balaban J connectivity index is 2.19. The molecule has 0 unspecified atom stereocenters. The van der Waals surface area contributed by atoms with Crippen LogP contribution in [0.5, 0.6) is 0 Å². The van der Waals surface area contributed by atoms with Gasteiger partial charge in [0.2, 0.25) is 0 Å². The largest absolute Gasteiger partial charge is 0.433 e. The number of anilines is 1. The number of benzene rings is 1. The molecular formula is C14H10ClF3N2O. The molecule has 0 saturated heterocycles. The van der Waals surface area contributed by atoms with Gasteiger partial charge in [0, 0.05) is 16.9 Å². The highest BCUT2D eigenvalue weighted by Gasteiger charge is 2.32. The van der Waals surface area contributed by atoms with E-state index in [4.69, 9.17) is 11.6 Å². The fraction of sp³-hybridized carbons (Fsp3) is 0.143. The fourth-order valence-corrected chi connectivity index (χ4v) is 1.79. The summed E-state index contributed by atoms with van der Waals surface area (Å²) in [4.78, 5) is 15.2. The van der Waals surface area contributed by atoms with E-state index in [1.807, 2.05) is 0 Å². The molecule has 0 saturated carbocycles. The number of alkyl halides is 3. The average molecular weight is 315 g/mol. The molecule has 3 nitrogen and oxygen atoms in total. The van der Waals surface area contributed by atoms with Gasteiger partial charge in [-0.25, -0.2) is 0 Å². The lowest BCUT2D eigenvalue weighted by atomic mass is 10.2. The second kappa shape index (κ2) is 5.73. The third kappa shape index (κ3) is 3.72. The van der Waals surface area contributed by atoms with Crippen molar-refractivity contribution in [2.45, 2.75) is 13.1 Å². The first-order valence-corrected chi connectivity index (χ1v) is 6.26. The standard InChI is InChI=1S/C14H10ClF3N2O/c1-8-2-4-10(15)6-11(8)20-13(21)9-3-5-12(19-7-9)14(16,17)18/h2-7H,1H3,(H,20,21). The number of amides is 1. The van der Waals surface area contributed by atoms with Gasteiger partial charge in [-0.15, -0.1) is 0 Å². The highest BCUT2D eigenvalue weighted by Crippen LogP contribution is 2.27. The maximum Gasteiger partial charge on any atom is 0.433 e. The fourth-order valence-electron chi connectivity index (χ4n) is 1.62. The van der Waals surface area contributed by atoms with Crippen molar-refractivity contribution in [3.05, 3.63) is 58.4 Å². The van der Waals surface area contributed by atoms with Gasteiger partial charge in [-0.3, -0.25) is 9.78 Å². The summed E-state index contributed by atoms with van der Waals surface area (Å²) in [5.74, 6) is -0.554. The molecule has 0 bridgehead atoms. The number of rotatable bonds is 2. The van der Waals surface area contributed by atoms with Gasteiger partial charge in [-0.1, -0.05) is 17.7 Å². The summed E-state index contributed by atoms with van der Waals surface area (Å²) in [7, 11) is 0. The van der Waals surface area contributed by atoms with Gasteiger partial charge in [-0.2, -0.15) is 13.2 Å². The van der Waals surface area contributed by atoms with Crippen molar-refractivity contribution in [2.75, 3.05) is 5.32 Å². The van der Waals surface area contributed by atoms with Crippen molar-refractivity contribution in [3.8, 4) is 0 Å². The van der Waals surface area contributed by atoms with Crippen molar-refractivity contribution >= 4 is 23.2 Å². The number of pyridine rings is 1. The molecule has 1 heterocycles. The minimum Gasteiger partial charge on any atom is -0.322 e. The third-order valence-corrected chi connectivity index (χ3v) is 3.00. The molecule has 0 aliphatic carbocycles. The number of nitrogens with zero attached hydrogens (tertiary/aromatic N) is 1. The molecule has 7 heteroatoms. The number of hydrogen-bond acceptors (Lipinski definition) is 2. The summed E-state index contributed by atoms with van der Waals surface area (Å²) in [6.45, 7) is 1.77. The maximum absolute atomic E-state index is 12.4. The van der Waals surface area contributed by atoms with Gasteiger partial charge in [0.25, 0.3) is 5.91 Å². The Hall–Kier alpha value is -2.08. The molecule has 2 rings (SSSR count). The summed E-state index contributed by atoms with van der Waals surface area (Å²) in [6.07, 6.45) is -3.64. The zero-order valence-electron chi connectivity index (χ0n) is 10.8. The lowest BCUT2D eigenvalue weighted by Crippen LogP contribution is -2.14. The van der Waals surface area contributed by atoms with Gasteiger partial charge in [-0.05, 0) is 36.8 Å². The van der Waals surface area contributed by atoms with Gasteiger partial charge >= 0.3 is 6.18 Å². The second-order valence-electron chi connectivity index (χ2n) is 4.34. The lowest BCUT2D eigenvalue weighted by Gasteiger charge is -2.09. The van der Waals surface area contributed by atoms with E-state index in [1.54, 1.807) is 25.1 Å². The van der Waals surface area contributed by atoms with Crippen LogP contribution >= 0.6 is 11.6 Å². The molecule has 0 fully saturated rings. The Bertz CT molecular complexity index is 669. The minimum absolute atomic E-state index is 0.0300. The highest BCUT2D eigenvalue weighted by atomic mass is 35.5. The van der Waals surface area contributed by atoms with E-state index in [9.17, 15) is 18.0 Å². The molecule has 0 radical (unpaired) electrons. The molecule has 0 atom stereocenters. The molecule has 0 aliphatic heterocycles. The summed E-state index contributed by atoms with van der Waals surface area (Å²) in [5.41, 5.74) is 0.264. The Morgan fingerprint density at radius 1 is 1.24 bits per heavy atom. The lowest BCUT2D eigenvalue weighted by molar-refractivity contribution is -0.141. The Kier molecular flexibility index (Phi) is 4.18. The third-order valence-electron chi connectivity index (χ3n) is 2.76. The zero-order chi connectivity index (χ0) is 15.6. The van der Waals surface area contributed by atoms with Crippen LogP contribution in [0, 0.1) is 6.92 Å². The number of nitrogens with one attached hydrogen (secondary N) is 1. The normalized spacial score (nSPS) is 11.3. The Labute approximate surface area is 123 Å². The monoisotopic (exact) mass is 314 g/mol. The molecule has 0 spiro atoms. The first kappa shape index (κ1) is 15.3. The van der Waals surface area contributed by atoms with Crippen LogP contribution in [0.4, 0.5) is 18.9 Å². The average Bonchev–Trinajstić information content (AvgIpc) is 2.42. The number of aryl methyl sites for hydroxylation is 1. The van der Waals surface area contributed by atoms with Gasteiger partial charge in [0.05, 0.1) is 5.56 Å². The first-order valence-electron chi connectivity index (χ1n) is 5.88. The van der Waals surface area contributed by atoms with E-state index in [0.717, 1.165) is 23.9 Å². The van der Waals surface area contributed by atoms with Crippen molar-refractivity contribution in [3.63, 3.8) is 0 Å². The van der Waals surface area contributed by atoms with Crippen molar-refractivity contribution in [1.29, 1.82) is 0 Å². The quantitative estimate of drug-likeness (QED) is 0.897. The zero-order valence-corrected chi connectivity index (χ0v) is 11.6. The van der Waals surface area contributed by atoms with Crippen LogP contribution in [-0.2, 0) is 6.18 Å². The van der Waals surface area contributed by atoms with Crippen LogP contribution in [0.3, 0.4) is 0 Å². The van der Waals surface area contributed by atoms with Crippen LogP contribution in [0.2, 0.25) is 5.02 Å². The van der Waals surface area contributed by atoms with Gasteiger partial charge in [0.15, 0.2) is 0 Å². The molecule has 1 aromatic carbocycles. The number of hydrogen-bond donors (Lipinski definition) is 1. The summed E-state index contributed by atoms with van der Waals surface area (Å²) in [6, 6.07) is 6.80. The Morgan fingerprint density at radius 3 is 2.52 bits per heavy atom. The minimum atomic E-state index is -4.53. The van der Waals surface area contributed by atoms with E-state index in [-0.39, 0.29) is 5.56 Å².